The van der Waals surface area contributed by atoms with Crippen molar-refractivity contribution < 1.29 is 13.2 Å². The molecule has 0 saturated carbocycles. The molecule has 0 N–H and O–H groups in total. The van der Waals surface area contributed by atoms with Gasteiger partial charge >= 0.3 is 0 Å². The third kappa shape index (κ3) is 5.07. The molecule has 1 amide bonds. The van der Waals surface area contributed by atoms with E-state index in [1.54, 1.807) is 12.5 Å². The molecule has 0 atom stereocenters. The average Bonchev–Trinajstić information content (AvgIpc) is 3.14. The summed E-state index contributed by atoms with van der Waals surface area (Å²) in [5.74, 6) is 0.156. The van der Waals surface area contributed by atoms with E-state index in [2.05, 4.69) is 9.97 Å². The number of carbonyl (C=O) groups is 1. The highest BCUT2D eigenvalue weighted by Gasteiger charge is 2.28. The molecule has 2 aromatic heterocycles. The van der Waals surface area contributed by atoms with E-state index in [1.165, 1.54) is 18.5 Å². The molecule has 0 bridgehead atoms. The highest BCUT2D eigenvalue weighted by Crippen LogP contribution is 2.32. The molecule has 3 rings (SSSR count). The van der Waals surface area contributed by atoms with Crippen LogP contribution in [0.3, 0.4) is 0 Å². The van der Waals surface area contributed by atoms with Crippen molar-refractivity contribution in [3.8, 4) is 0 Å². The molecule has 0 unspecified atom stereocenters. The van der Waals surface area contributed by atoms with E-state index < -0.39 is 9.84 Å². The molecular weight excluding hydrogens is 388 g/mol. The first-order valence-corrected chi connectivity index (χ1v) is 11.2. The second-order valence-corrected chi connectivity index (χ2v) is 9.29. The Kier molecular flexibility index (Phi) is 6.16. The molecule has 0 radical (unpaired) electrons. The Hall–Kier alpha value is -1.93. The molecule has 0 aromatic carbocycles. The fourth-order valence-electron chi connectivity index (χ4n) is 3.43. The number of aromatic nitrogens is 3. The van der Waals surface area contributed by atoms with Crippen LogP contribution in [0.25, 0.3) is 0 Å². The van der Waals surface area contributed by atoms with Gasteiger partial charge < -0.3 is 9.47 Å². The summed E-state index contributed by atoms with van der Waals surface area (Å²) < 4.78 is 26.1. The third-order valence-corrected chi connectivity index (χ3v) is 6.18. The van der Waals surface area contributed by atoms with Gasteiger partial charge in [-0.05, 0) is 25.3 Å². The number of likely N-dealkylation sites (tertiary alicyclic amines) is 1. The smallest absolute Gasteiger partial charge is 0.222 e. The molecule has 0 spiro atoms. The summed E-state index contributed by atoms with van der Waals surface area (Å²) >= 11 is 5.93. The summed E-state index contributed by atoms with van der Waals surface area (Å²) in [6, 6.07) is 1.47. The maximum Gasteiger partial charge on any atom is 0.222 e. The Morgan fingerprint density at radius 2 is 2.07 bits per heavy atom. The van der Waals surface area contributed by atoms with E-state index in [0.717, 1.165) is 13.0 Å². The minimum Gasteiger partial charge on any atom is -0.343 e. The first kappa shape index (κ1) is 19.8. The van der Waals surface area contributed by atoms with Crippen molar-refractivity contribution >= 4 is 27.3 Å². The SMILES string of the molecule is CS(=O)(=O)c1cc(Cl)cnc1C1CCN(C(=O)CCCn2ccnc2)CC1. The van der Waals surface area contributed by atoms with E-state index in [4.69, 9.17) is 11.6 Å². The molecule has 27 heavy (non-hydrogen) atoms. The first-order valence-electron chi connectivity index (χ1n) is 8.93. The number of hydrogen-bond donors (Lipinski definition) is 0. The highest BCUT2D eigenvalue weighted by molar-refractivity contribution is 7.90. The minimum atomic E-state index is -3.40. The summed E-state index contributed by atoms with van der Waals surface area (Å²) in [6.45, 7) is 2.00. The van der Waals surface area contributed by atoms with Crippen LogP contribution in [0, 0.1) is 0 Å². The summed E-state index contributed by atoms with van der Waals surface area (Å²) in [7, 11) is -3.40. The number of imidazole rings is 1. The fourth-order valence-corrected chi connectivity index (χ4v) is 4.59. The molecule has 1 aliphatic rings. The van der Waals surface area contributed by atoms with Crippen LogP contribution in [-0.2, 0) is 21.2 Å². The minimum absolute atomic E-state index is 0.0157. The lowest BCUT2D eigenvalue weighted by molar-refractivity contribution is -0.132. The highest BCUT2D eigenvalue weighted by atomic mass is 35.5. The predicted molar refractivity (Wildman–Crippen MR) is 102 cm³/mol. The number of rotatable bonds is 6. The molecule has 0 aliphatic carbocycles. The van der Waals surface area contributed by atoms with Gasteiger partial charge in [0.2, 0.25) is 5.91 Å². The average molecular weight is 411 g/mol. The van der Waals surface area contributed by atoms with Crippen molar-refractivity contribution in [3.05, 3.63) is 41.7 Å². The fraction of sp³-hybridized carbons (Fsp3) is 0.500. The Morgan fingerprint density at radius 1 is 1.33 bits per heavy atom. The molecule has 1 aliphatic heterocycles. The van der Waals surface area contributed by atoms with Crippen molar-refractivity contribution in [1.29, 1.82) is 0 Å². The number of halogens is 1. The number of amides is 1. The zero-order chi connectivity index (χ0) is 19.4. The predicted octanol–water partition coefficient (Wildman–Crippen LogP) is 2.52. The molecule has 1 fully saturated rings. The van der Waals surface area contributed by atoms with Crippen LogP contribution < -0.4 is 0 Å². The van der Waals surface area contributed by atoms with Crippen molar-refractivity contribution in [2.45, 2.75) is 43.0 Å². The molecule has 1 saturated heterocycles. The van der Waals surface area contributed by atoms with E-state index in [0.29, 0.717) is 43.1 Å². The summed E-state index contributed by atoms with van der Waals surface area (Å²) in [5, 5.41) is 0.310. The monoisotopic (exact) mass is 410 g/mol. The van der Waals surface area contributed by atoms with Gasteiger partial charge in [0, 0.05) is 56.8 Å². The van der Waals surface area contributed by atoms with Crippen LogP contribution in [0.1, 0.15) is 37.3 Å². The van der Waals surface area contributed by atoms with E-state index in [1.807, 2.05) is 15.7 Å². The number of sulfone groups is 1. The Morgan fingerprint density at radius 3 is 2.70 bits per heavy atom. The largest absolute Gasteiger partial charge is 0.343 e. The summed E-state index contributed by atoms with van der Waals surface area (Å²) in [6.07, 6.45) is 10.7. The van der Waals surface area contributed by atoms with Gasteiger partial charge in [-0.25, -0.2) is 13.4 Å². The second-order valence-electron chi connectivity index (χ2n) is 6.87. The molecule has 3 heterocycles. The van der Waals surface area contributed by atoms with Gasteiger partial charge in [-0.15, -0.1) is 0 Å². The van der Waals surface area contributed by atoms with Crippen LogP contribution in [0.5, 0.6) is 0 Å². The standard InChI is InChI=1S/C18H23ClN4O3S/c1-27(25,26)16-11-15(19)12-21-18(16)14-4-8-23(9-5-14)17(24)3-2-7-22-10-6-20-13-22/h6,10-14H,2-5,7-9H2,1H3. The van der Waals surface area contributed by atoms with Gasteiger partial charge in [0.25, 0.3) is 0 Å². The van der Waals surface area contributed by atoms with Crippen LogP contribution >= 0.6 is 11.6 Å². The molecular formula is C18H23ClN4O3S. The zero-order valence-corrected chi connectivity index (χ0v) is 16.8. The Balaban J connectivity index is 1.57. The van der Waals surface area contributed by atoms with Gasteiger partial charge in [0.1, 0.15) is 0 Å². The number of pyridine rings is 1. The lowest BCUT2D eigenvalue weighted by Crippen LogP contribution is -2.38. The molecule has 146 valence electrons. The lowest BCUT2D eigenvalue weighted by atomic mass is 9.92. The van der Waals surface area contributed by atoms with E-state index >= 15 is 0 Å². The van der Waals surface area contributed by atoms with Crippen LogP contribution in [0.2, 0.25) is 5.02 Å². The van der Waals surface area contributed by atoms with Crippen LogP contribution in [0.15, 0.2) is 35.9 Å². The second kappa shape index (κ2) is 8.39. The number of aryl methyl sites for hydroxylation is 1. The van der Waals surface area contributed by atoms with Gasteiger partial charge in [-0.3, -0.25) is 9.78 Å². The van der Waals surface area contributed by atoms with Crippen LogP contribution in [0.4, 0.5) is 0 Å². The first-order chi connectivity index (χ1) is 12.8. The van der Waals surface area contributed by atoms with Crippen molar-refractivity contribution in [3.63, 3.8) is 0 Å². The number of nitrogens with zero attached hydrogens (tertiary/aromatic N) is 4. The molecule has 9 heteroatoms. The number of piperidine rings is 1. The quantitative estimate of drug-likeness (QED) is 0.730. The third-order valence-electron chi connectivity index (χ3n) is 4.85. The number of carbonyl (C=O) groups excluding carboxylic acids is 1. The number of hydrogen-bond acceptors (Lipinski definition) is 5. The van der Waals surface area contributed by atoms with Gasteiger partial charge in [-0.2, -0.15) is 0 Å². The van der Waals surface area contributed by atoms with E-state index in [-0.39, 0.29) is 16.7 Å². The van der Waals surface area contributed by atoms with Crippen molar-refractivity contribution in [2.24, 2.45) is 0 Å². The van der Waals surface area contributed by atoms with Crippen molar-refractivity contribution in [1.82, 2.24) is 19.4 Å². The van der Waals surface area contributed by atoms with Gasteiger partial charge in [0.05, 0.1) is 21.9 Å². The maximum atomic E-state index is 12.4. The zero-order valence-electron chi connectivity index (χ0n) is 15.2. The maximum absolute atomic E-state index is 12.4. The normalized spacial score (nSPS) is 15.9. The molecule has 7 nitrogen and oxygen atoms in total. The Labute approximate surface area is 164 Å². The van der Waals surface area contributed by atoms with E-state index in [9.17, 15) is 13.2 Å². The Bertz CT molecular complexity index is 891. The topological polar surface area (TPSA) is 85.2 Å². The lowest BCUT2D eigenvalue weighted by Gasteiger charge is -2.32. The van der Waals surface area contributed by atoms with Gasteiger partial charge in [0.15, 0.2) is 9.84 Å². The summed E-state index contributed by atoms with van der Waals surface area (Å²) in [4.78, 5) is 22.7. The van der Waals surface area contributed by atoms with Crippen LogP contribution in [-0.4, -0.2) is 53.1 Å². The van der Waals surface area contributed by atoms with Gasteiger partial charge in [-0.1, -0.05) is 11.6 Å². The molecule has 2 aromatic rings. The van der Waals surface area contributed by atoms with Crippen molar-refractivity contribution in [2.75, 3.05) is 19.3 Å². The summed E-state index contributed by atoms with van der Waals surface area (Å²) in [5.41, 5.74) is 0.564.